The Balaban J connectivity index is 1.32. The summed E-state index contributed by atoms with van der Waals surface area (Å²) >= 11 is 0. The molecule has 1 aliphatic carbocycles. The molecule has 1 saturated carbocycles. The molecule has 0 bridgehead atoms. The second kappa shape index (κ2) is 6.36. The first-order valence-corrected chi connectivity index (χ1v) is 8.11. The monoisotopic (exact) mass is 251 g/mol. The predicted molar refractivity (Wildman–Crippen MR) is 75.9 cm³/mol. The molecule has 104 valence electrons. The van der Waals surface area contributed by atoms with Crippen LogP contribution in [0.15, 0.2) is 0 Å². The standard InChI is InChI=1S/C15H29N3/c1-2-9-18(10-3-1)15-6-11-17(12-7-15)13-8-16-14-4-5-14/h14-16H,1-13H2. The van der Waals surface area contributed by atoms with E-state index in [0.29, 0.717) is 0 Å². The molecule has 3 rings (SSSR count). The normalized spacial score (nSPS) is 28.7. The summed E-state index contributed by atoms with van der Waals surface area (Å²) in [7, 11) is 0. The molecule has 3 aliphatic rings. The van der Waals surface area contributed by atoms with Crippen LogP contribution < -0.4 is 5.32 Å². The first-order valence-electron chi connectivity index (χ1n) is 8.11. The molecule has 3 heteroatoms. The lowest BCUT2D eigenvalue weighted by atomic mass is 10.00. The molecule has 0 amide bonds. The summed E-state index contributed by atoms with van der Waals surface area (Å²) in [6.45, 7) is 7.87. The van der Waals surface area contributed by atoms with Crippen LogP contribution in [0.3, 0.4) is 0 Å². The third-order valence-corrected chi connectivity index (χ3v) is 4.90. The van der Waals surface area contributed by atoms with Crippen LogP contribution in [0, 0.1) is 0 Å². The Labute approximate surface area is 112 Å². The van der Waals surface area contributed by atoms with E-state index in [2.05, 4.69) is 15.1 Å². The number of nitrogens with zero attached hydrogens (tertiary/aromatic N) is 2. The minimum atomic E-state index is 0.871. The second-order valence-corrected chi connectivity index (χ2v) is 6.40. The van der Waals surface area contributed by atoms with Crippen LogP contribution in [0.1, 0.15) is 44.9 Å². The first-order chi connectivity index (χ1) is 8.92. The number of likely N-dealkylation sites (tertiary alicyclic amines) is 2. The Kier molecular flexibility index (Phi) is 4.55. The topological polar surface area (TPSA) is 18.5 Å². The molecule has 0 unspecified atom stereocenters. The number of piperidine rings is 2. The highest BCUT2D eigenvalue weighted by molar-refractivity contribution is 4.83. The lowest BCUT2D eigenvalue weighted by Gasteiger charge is -2.40. The fourth-order valence-corrected chi connectivity index (χ4v) is 3.51. The van der Waals surface area contributed by atoms with Gasteiger partial charge in [-0.05, 0) is 64.7 Å². The number of rotatable bonds is 5. The molecule has 18 heavy (non-hydrogen) atoms. The van der Waals surface area contributed by atoms with Crippen LogP contribution in [0.2, 0.25) is 0 Å². The van der Waals surface area contributed by atoms with Crippen molar-refractivity contribution in [2.75, 3.05) is 39.3 Å². The zero-order chi connectivity index (χ0) is 12.2. The van der Waals surface area contributed by atoms with Crippen LogP contribution in [0.5, 0.6) is 0 Å². The van der Waals surface area contributed by atoms with Gasteiger partial charge in [-0.15, -0.1) is 0 Å². The number of hydrogen-bond acceptors (Lipinski definition) is 3. The van der Waals surface area contributed by atoms with E-state index in [1.54, 1.807) is 0 Å². The van der Waals surface area contributed by atoms with Crippen LogP contribution in [-0.4, -0.2) is 61.2 Å². The Hall–Kier alpha value is -0.120. The van der Waals surface area contributed by atoms with E-state index in [1.165, 1.54) is 84.2 Å². The Morgan fingerprint density at radius 3 is 2.22 bits per heavy atom. The van der Waals surface area contributed by atoms with Crippen LogP contribution >= 0.6 is 0 Å². The van der Waals surface area contributed by atoms with Gasteiger partial charge in [-0.3, -0.25) is 0 Å². The highest BCUT2D eigenvalue weighted by Gasteiger charge is 2.25. The summed E-state index contributed by atoms with van der Waals surface area (Å²) in [4.78, 5) is 5.43. The van der Waals surface area contributed by atoms with Gasteiger partial charge in [0.2, 0.25) is 0 Å². The SMILES string of the molecule is C1CCN(C2CCN(CCNC3CC3)CC2)CC1. The van der Waals surface area contributed by atoms with Crippen molar-refractivity contribution in [1.82, 2.24) is 15.1 Å². The molecule has 0 aromatic carbocycles. The van der Waals surface area contributed by atoms with Crippen molar-refractivity contribution in [3.63, 3.8) is 0 Å². The first kappa shape index (κ1) is 12.9. The second-order valence-electron chi connectivity index (χ2n) is 6.40. The van der Waals surface area contributed by atoms with Gasteiger partial charge in [0, 0.05) is 25.2 Å². The zero-order valence-corrected chi connectivity index (χ0v) is 11.7. The van der Waals surface area contributed by atoms with Gasteiger partial charge in [0.15, 0.2) is 0 Å². The third kappa shape index (κ3) is 3.69. The van der Waals surface area contributed by atoms with Gasteiger partial charge in [-0.2, -0.15) is 0 Å². The van der Waals surface area contributed by atoms with E-state index in [4.69, 9.17) is 0 Å². The van der Waals surface area contributed by atoms with Crippen molar-refractivity contribution in [2.24, 2.45) is 0 Å². The van der Waals surface area contributed by atoms with Crippen molar-refractivity contribution < 1.29 is 0 Å². The number of nitrogens with one attached hydrogen (secondary N) is 1. The Morgan fingerprint density at radius 2 is 1.56 bits per heavy atom. The van der Waals surface area contributed by atoms with Gasteiger partial charge in [0.1, 0.15) is 0 Å². The van der Waals surface area contributed by atoms with Gasteiger partial charge in [-0.1, -0.05) is 6.42 Å². The molecule has 0 atom stereocenters. The fourth-order valence-electron chi connectivity index (χ4n) is 3.51. The maximum Gasteiger partial charge on any atom is 0.0120 e. The van der Waals surface area contributed by atoms with Gasteiger partial charge in [-0.25, -0.2) is 0 Å². The van der Waals surface area contributed by atoms with Crippen molar-refractivity contribution in [3.05, 3.63) is 0 Å². The summed E-state index contributed by atoms with van der Waals surface area (Å²) < 4.78 is 0. The summed E-state index contributed by atoms with van der Waals surface area (Å²) in [5, 5.41) is 3.63. The summed E-state index contributed by atoms with van der Waals surface area (Å²) in [6.07, 6.45) is 9.97. The van der Waals surface area contributed by atoms with Crippen molar-refractivity contribution in [2.45, 2.75) is 57.0 Å². The molecule has 0 radical (unpaired) electrons. The minimum absolute atomic E-state index is 0.871. The molecule has 3 nitrogen and oxygen atoms in total. The lowest BCUT2D eigenvalue weighted by Crippen LogP contribution is -2.47. The highest BCUT2D eigenvalue weighted by atomic mass is 15.2. The Morgan fingerprint density at radius 1 is 0.833 bits per heavy atom. The largest absolute Gasteiger partial charge is 0.313 e. The molecule has 3 fully saturated rings. The van der Waals surface area contributed by atoms with E-state index in [9.17, 15) is 0 Å². The molecular formula is C15H29N3. The molecule has 0 aromatic rings. The van der Waals surface area contributed by atoms with Crippen LogP contribution in [0.25, 0.3) is 0 Å². The Bertz CT molecular complexity index is 238. The smallest absolute Gasteiger partial charge is 0.0120 e. The molecule has 2 aliphatic heterocycles. The van der Waals surface area contributed by atoms with Crippen LogP contribution in [-0.2, 0) is 0 Å². The van der Waals surface area contributed by atoms with E-state index in [1.807, 2.05) is 0 Å². The molecular weight excluding hydrogens is 222 g/mol. The van der Waals surface area contributed by atoms with E-state index < -0.39 is 0 Å². The van der Waals surface area contributed by atoms with E-state index in [-0.39, 0.29) is 0 Å². The highest BCUT2D eigenvalue weighted by Crippen LogP contribution is 2.21. The van der Waals surface area contributed by atoms with Gasteiger partial charge in [0.25, 0.3) is 0 Å². The summed E-state index contributed by atoms with van der Waals surface area (Å²) in [5.74, 6) is 0. The van der Waals surface area contributed by atoms with Gasteiger partial charge >= 0.3 is 0 Å². The summed E-state index contributed by atoms with van der Waals surface area (Å²) in [5.41, 5.74) is 0. The van der Waals surface area contributed by atoms with E-state index in [0.717, 1.165) is 12.1 Å². The molecule has 1 N–H and O–H groups in total. The summed E-state index contributed by atoms with van der Waals surface area (Å²) in [6, 6.07) is 1.77. The lowest BCUT2D eigenvalue weighted by molar-refractivity contribution is 0.0929. The average Bonchev–Trinajstić information content (AvgIpc) is 3.25. The number of hydrogen-bond donors (Lipinski definition) is 1. The molecule has 2 heterocycles. The zero-order valence-electron chi connectivity index (χ0n) is 11.7. The molecule has 0 aromatic heterocycles. The van der Waals surface area contributed by atoms with Crippen LogP contribution in [0.4, 0.5) is 0 Å². The quantitative estimate of drug-likeness (QED) is 0.802. The average molecular weight is 251 g/mol. The van der Waals surface area contributed by atoms with E-state index >= 15 is 0 Å². The van der Waals surface area contributed by atoms with Gasteiger partial charge in [0.05, 0.1) is 0 Å². The molecule has 0 spiro atoms. The maximum atomic E-state index is 3.63. The molecule has 2 saturated heterocycles. The van der Waals surface area contributed by atoms with Crippen molar-refractivity contribution in [3.8, 4) is 0 Å². The van der Waals surface area contributed by atoms with Crippen molar-refractivity contribution >= 4 is 0 Å². The predicted octanol–water partition coefficient (Wildman–Crippen LogP) is 1.69. The minimum Gasteiger partial charge on any atom is -0.313 e. The van der Waals surface area contributed by atoms with Gasteiger partial charge < -0.3 is 15.1 Å². The fraction of sp³-hybridized carbons (Fsp3) is 1.00. The van der Waals surface area contributed by atoms with Crippen molar-refractivity contribution in [1.29, 1.82) is 0 Å². The third-order valence-electron chi connectivity index (χ3n) is 4.90. The maximum absolute atomic E-state index is 3.63.